The minimum Gasteiger partial charge on any atom is -0.465 e. The first-order chi connectivity index (χ1) is 7.87. The van der Waals surface area contributed by atoms with Crippen LogP contribution in [0.3, 0.4) is 0 Å². The van der Waals surface area contributed by atoms with E-state index in [1.54, 1.807) is 4.90 Å². The molecule has 100 valence electrons. The van der Waals surface area contributed by atoms with Crippen LogP contribution >= 0.6 is 0 Å². The number of carbonyl (C=O) groups is 1. The quantitative estimate of drug-likeness (QED) is 0.794. The Labute approximate surface area is 96.5 Å². The summed E-state index contributed by atoms with van der Waals surface area (Å²) in [6, 6.07) is -0.216. The maximum Gasteiger partial charge on any atom is 0.522 e. The van der Waals surface area contributed by atoms with Gasteiger partial charge in [0.05, 0.1) is 6.61 Å². The number of hydrogen-bond donors (Lipinski definition) is 2. The van der Waals surface area contributed by atoms with Crippen LogP contribution in [-0.4, -0.2) is 54.7 Å². The lowest BCUT2D eigenvalue weighted by Crippen LogP contribution is -2.48. The van der Waals surface area contributed by atoms with Crippen LogP contribution in [0.2, 0.25) is 0 Å². The normalized spacial score (nSPS) is 22.4. The number of hydrogen-bond acceptors (Lipinski definition) is 3. The SMILES string of the molecule is O=C(O)N[C@@H]1CCCN(CCOC(F)(F)F)C1. The Kier molecular flexibility index (Phi) is 5.01. The highest BCUT2D eigenvalue weighted by molar-refractivity contribution is 5.64. The summed E-state index contributed by atoms with van der Waals surface area (Å²) in [5, 5.41) is 10.9. The van der Waals surface area contributed by atoms with Gasteiger partial charge in [-0.05, 0) is 19.4 Å². The minimum atomic E-state index is -4.60. The lowest BCUT2D eigenvalue weighted by Gasteiger charge is -2.32. The highest BCUT2D eigenvalue weighted by atomic mass is 19.4. The molecule has 1 amide bonds. The van der Waals surface area contributed by atoms with Gasteiger partial charge in [-0.15, -0.1) is 13.2 Å². The Morgan fingerprint density at radius 3 is 2.82 bits per heavy atom. The number of carboxylic acid groups (broad SMARTS) is 1. The number of halogens is 3. The molecule has 2 N–H and O–H groups in total. The topological polar surface area (TPSA) is 61.8 Å². The predicted molar refractivity (Wildman–Crippen MR) is 52.6 cm³/mol. The Morgan fingerprint density at radius 2 is 2.24 bits per heavy atom. The van der Waals surface area contributed by atoms with Crippen molar-refractivity contribution in [1.29, 1.82) is 0 Å². The van der Waals surface area contributed by atoms with Crippen molar-refractivity contribution < 1.29 is 27.8 Å². The molecule has 1 fully saturated rings. The number of rotatable bonds is 4. The molecule has 0 saturated carbocycles. The second-order valence-electron chi connectivity index (χ2n) is 3.88. The molecular weight excluding hydrogens is 241 g/mol. The second-order valence-corrected chi connectivity index (χ2v) is 3.88. The standard InChI is InChI=1S/C9H15F3N2O3/c10-9(11,12)17-5-4-14-3-1-2-7(6-14)13-8(15)16/h7,13H,1-6H2,(H,15,16)/t7-/m1/s1. The Bertz CT molecular complexity index is 260. The monoisotopic (exact) mass is 256 g/mol. The van der Waals surface area contributed by atoms with Crippen molar-refractivity contribution >= 4 is 6.09 Å². The van der Waals surface area contributed by atoms with Gasteiger partial charge >= 0.3 is 12.5 Å². The van der Waals surface area contributed by atoms with E-state index in [1.807, 2.05) is 0 Å². The number of alkyl halides is 3. The molecule has 0 aliphatic carbocycles. The molecule has 1 atom stereocenters. The van der Waals surface area contributed by atoms with Crippen LogP contribution in [0.4, 0.5) is 18.0 Å². The van der Waals surface area contributed by atoms with E-state index in [-0.39, 0.29) is 12.6 Å². The van der Waals surface area contributed by atoms with E-state index in [9.17, 15) is 18.0 Å². The van der Waals surface area contributed by atoms with Gasteiger partial charge in [0.25, 0.3) is 0 Å². The summed E-state index contributed by atoms with van der Waals surface area (Å²) >= 11 is 0. The second kappa shape index (κ2) is 6.06. The van der Waals surface area contributed by atoms with Crippen LogP contribution in [-0.2, 0) is 4.74 Å². The van der Waals surface area contributed by atoms with Gasteiger partial charge in [-0.25, -0.2) is 4.79 Å². The van der Waals surface area contributed by atoms with Gasteiger partial charge in [-0.1, -0.05) is 0 Å². The molecule has 0 unspecified atom stereocenters. The molecule has 1 rings (SSSR count). The highest BCUT2D eigenvalue weighted by Gasteiger charge is 2.29. The fourth-order valence-electron chi connectivity index (χ4n) is 1.84. The van der Waals surface area contributed by atoms with Gasteiger partial charge in [0.1, 0.15) is 0 Å². The fraction of sp³-hybridized carbons (Fsp3) is 0.889. The molecule has 17 heavy (non-hydrogen) atoms. The van der Waals surface area contributed by atoms with Gasteiger partial charge in [0.2, 0.25) is 0 Å². The summed E-state index contributed by atoms with van der Waals surface area (Å²) < 4.78 is 38.9. The zero-order chi connectivity index (χ0) is 12.9. The number of likely N-dealkylation sites (tertiary alicyclic amines) is 1. The molecule has 0 spiro atoms. The minimum absolute atomic E-state index is 0.150. The third-order valence-electron chi connectivity index (χ3n) is 2.51. The molecule has 1 aliphatic heterocycles. The van der Waals surface area contributed by atoms with E-state index >= 15 is 0 Å². The predicted octanol–water partition coefficient (Wildman–Crippen LogP) is 1.25. The third kappa shape index (κ3) is 6.32. The average Bonchev–Trinajstić information content (AvgIpc) is 2.15. The van der Waals surface area contributed by atoms with Crippen LogP contribution in [0.15, 0.2) is 0 Å². The Hall–Kier alpha value is -1.02. The first-order valence-corrected chi connectivity index (χ1v) is 5.29. The van der Waals surface area contributed by atoms with Crippen molar-refractivity contribution in [2.45, 2.75) is 25.2 Å². The molecule has 0 bridgehead atoms. The summed E-state index contributed by atoms with van der Waals surface area (Å²) in [4.78, 5) is 12.2. The Morgan fingerprint density at radius 1 is 1.53 bits per heavy atom. The van der Waals surface area contributed by atoms with E-state index < -0.39 is 19.1 Å². The van der Waals surface area contributed by atoms with E-state index in [1.165, 1.54) is 0 Å². The zero-order valence-corrected chi connectivity index (χ0v) is 9.16. The highest BCUT2D eigenvalue weighted by Crippen LogP contribution is 2.16. The summed E-state index contributed by atoms with van der Waals surface area (Å²) in [6.07, 6.45) is -4.24. The lowest BCUT2D eigenvalue weighted by atomic mass is 10.1. The molecule has 1 heterocycles. The molecule has 0 aromatic rings. The first kappa shape index (κ1) is 14.0. The summed E-state index contributed by atoms with van der Waals surface area (Å²) in [5.41, 5.74) is 0. The molecule has 1 aliphatic rings. The molecule has 0 radical (unpaired) electrons. The van der Waals surface area contributed by atoms with E-state index in [4.69, 9.17) is 5.11 Å². The van der Waals surface area contributed by atoms with Gasteiger partial charge in [0.15, 0.2) is 0 Å². The van der Waals surface area contributed by atoms with Crippen molar-refractivity contribution in [2.75, 3.05) is 26.2 Å². The van der Waals surface area contributed by atoms with E-state index in [0.29, 0.717) is 19.5 Å². The maximum atomic E-state index is 11.7. The molecular formula is C9H15F3N2O3. The summed E-state index contributed by atoms with van der Waals surface area (Å²) in [7, 11) is 0. The molecule has 8 heteroatoms. The van der Waals surface area contributed by atoms with Crippen molar-refractivity contribution in [3.8, 4) is 0 Å². The molecule has 5 nitrogen and oxygen atoms in total. The number of piperidine rings is 1. The van der Waals surface area contributed by atoms with Crippen molar-refractivity contribution in [2.24, 2.45) is 0 Å². The van der Waals surface area contributed by atoms with Gasteiger partial charge < -0.3 is 10.4 Å². The third-order valence-corrected chi connectivity index (χ3v) is 2.51. The fourth-order valence-corrected chi connectivity index (χ4v) is 1.84. The smallest absolute Gasteiger partial charge is 0.465 e. The largest absolute Gasteiger partial charge is 0.522 e. The molecule has 0 aromatic heterocycles. The number of nitrogens with one attached hydrogen (secondary N) is 1. The first-order valence-electron chi connectivity index (χ1n) is 5.29. The van der Waals surface area contributed by atoms with Gasteiger partial charge in [-0.3, -0.25) is 9.64 Å². The summed E-state index contributed by atoms with van der Waals surface area (Å²) in [6.45, 7) is 0.813. The Balaban J connectivity index is 2.23. The van der Waals surface area contributed by atoms with Crippen LogP contribution in [0.1, 0.15) is 12.8 Å². The van der Waals surface area contributed by atoms with Crippen LogP contribution < -0.4 is 5.32 Å². The number of amides is 1. The van der Waals surface area contributed by atoms with Crippen LogP contribution in [0.5, 0.6) is 0 Å². The average molecular weight is 256 g/mol. The van der Waals surface area contributed by atoms with Crippen molar-refractivity contribution in [3.05, 3.63) is 0 Å². The van der Waals surface area contributed by atoms with Gasteiger partial charge in [-0.2, -0.15) is 0 Å². The number of ether oxygens (including phenoxy) is 1. The van der Waals surface area contributed by atoms with Gasteiger partial charge in [0, 0.05) is 19.1 Å². The van der Waals surface area contributed by atoms with E-state index in [0.717, 1.165) is 6.42 Å². The zero-order valence-electron chi connectivity index (χ0n) is 9.16. The van der Waals surface area contributed by atoms with Crippen molar-refractivity contribution in [3.63, 3.8) is 0 Å². The van der Waals surface area contributed by atoms with Crippen LogP contribution in [0.25, 0.3) is 0 Å². The maximum absolute atomic E-state index is 11.7. The molecule has 0 aromatic carbocycles. The molecule has 1 saturated heterocycles. The van der Waals surface area contributed by atoms with Crippen molar-refractivity contribution in [1.82, 2.24) is 10.2 Å². The lowest BCUT2D eigenvalue weighted by molar-refractivity contribution is -0.325. The number of nitrogens with zero attached hydrogens (tertiary/aromatic N) is 1. The summed E-state index contributed by atoms with van der Waals surface area (Å²) in [5.74, 6) is 0. The van der Waals surface area contributed by atoms with E-state index in [2.05, 4.69) is 10.1 Å². The van der Waals surface area contributed by atoms with Crippen LogP contribution in [0, 0.1) is 0 Å².